The number of hydrogen-bond donors (Lipinski definition) is 1. The average Bonchev–Trinajstić information content (AvgIpc) is 2.85. The van der Waals surface area contributed by atoms with E-state index >= 15 is 0 Å². The lowest BCUT2D eigenvalue weighted by molar-refractivity contribution is -0.207. The van der Waals surface area contributed by atoms with Crippen LogP contribution in [-0.4, -0.2) is 30.2 Å². The summed E-state index contributed by atoms with van der Waals surface area (Å²) in [6.07, 6.45) is 3.91. The first-order valence-electron chi connectivity index (χ1n) is 4.79. The molecule has 1 aliphatic heterocycles. The number of aliphatic hydroxyl groups is 1. The van der Waals surface area contributed by atoms with Crippen molar-refractivity contribution in [2.75, 3.05) is 13.2 Å². The van der Waals surface area contributed by atoms with Crippen LogP contribution in [0.3, 0.4) is 0 Å². The number of rotatable bonds is 7. The zero-order chi connectivity index (χ0) is 9.73. The quantitative estimate of drug-likeness (QED) is 0.372. The van der Waals surface area contributed by atoms with Gasteiger partial charge in [0, 0.05) is 12.8 Å². The molecule has 1 rings (SSSR count). The van der Waals surface area contributed by atoms with Crippen LogP contribution in [0.5, 0.6) is 0 Å². The Morgan fingerprint density at radius 2 is 2.46 bits per heavy atom. The summed E-state index contributed by atoms with van der Waals surface area (Å²) in [6, 6.07) is 0. The van der Waals surface area contributed by atoms with Gasteiger partial charge in [-0.1, -0.05) is 19.4 Å². The normalized spacial score (nSPS) is 25.2. The van der Waals surface area contributed by atoms with Crippen molar-refractivity contribution in [3.63, 3.8) is 0 Å². The first-order valence-corrected chi connectivity index (χ1v) is 4.79. The Morgan fingerprint density at radius 3 is 2.92 bits per heavy atom. The standard InChI is InChI=1S/C10H18O3/c1-3-5-10(11,6-4-2)13-8-9-7-12-9/h3,9,11H,1,4-8H2,2H3. The van der Waals surface area contributed by atoms with Crippen LogP contribution in [0.2, 0.25) is 0 Å². The van der Waals surface area contributed by atoms with Crippen molar-refractivity contribution in [2.24, 2.45) is 0 Å². The topological polar surface area (TPSA) is 42.0 Å². The lowest BCUT2D eigenvalue weighted by atomic mass is 10.1. The van der Waals surface area contributed by atoms with Crippen molar-refractivity contribution >= 4 is 0 Å². The summed E-state index contributed by atoms with van der Waals surface area (Å²) in [5.41, 5.74) is 0. The van der Waals surface area contributed by atoms with E-state index in [2.05, 4.69) is 6.58 Å². The minimum atomic E-state index is -1.03. The summed E-state index contributed by atoms with van der Waals surface area (Å²) in [5, 5.41) is 9.94. The van der Waals surface area contributed by atoms with Crippen LogP contribution in [0.15, 0.2) is 12.7 Å². The van der Waals surface area contributed by atoms with E-state index in [-0.39, 0.29) is 6.10 Å². The summed E-state index contributed by atoms with van der Waals surface area (Å²) in [5.74, 6) is -1.03. The van der Waals surface area contributed by atoms with Crippen LogP contribution in [0.4, 0.5) is 0 Å². The molecule has 0 radical (unpaired) electrons. The molecule has 76 valence electrons. The zero-order valence-electron chi connectivity index (χ0n) is 8.16. The summed E-state index contributed by atoms with van der Waals surface area (Å²) < 4.78 is 10.4. The molecule has 3 nitrogen and oxygen atoms in total. The van der Waals surface area contributed by atoms with Gasteiger partial charge in [-0.25, -0.2) is 0 Å². The van der Waals surface area contributed by atoms with Crippen molar-refractivity contribution < 1.29 is 14.6 Å². The highest BCUT2D eigenvalue weighted by Crippen LogP contribution is 2.22. The van der Waals surface area contributed by atoms with Crippen LogP contribution in [-0.2, 0) is 9.47 Å². The maximum Gasteiger partial charge on any atom is 0.168 e. The molecule has 0 aromatic rings. The van der Waals surface area contributed by atoms with Gasteiger partial charge in [-0.05, 0) is 0 Å². The molecule has 2 unspecified atom stereocenters. The average molecular weight is 186 g/mol. The largest absolute Gasteiger partial charge is 0.371 e. The smallest absolute Gasteiger partial charge is 0.168 e. The van der Waals surface area contributed by atoms with Gasteiger partial charge in [0.15, 0.2) is 5.79 Å². The summed E-state index contributed by atoms with van der Waals surface area (Å²) >= 11 is 0. The predicted molar refractivity (Wildman–Crippen MR) is 50.4 cm³/mol. The molecular formula is C10H18O3. The lowest BCUT2D eigenvalue weighted by Crippen LogP contribution is -2.33. The molecule has 13 heavy (non-hydrogen) atoms. The second-order valence-electron chi connectivity index (χ2n) is 3.46. The van der Waals surface area contributed by atoms with Gasteiger partial charge >= 0.3 is 0 Å². The van der Waals surface area contributed by atoms with Gasteiger partial charge in [-0.3, -0.25) is 0 Å². The van der Waals surface area contributed by atoms with Gasteiger partial charge in [-0.2, -0.15) is 0 Å². The van der Waals surface area contributed by atoms with Crippen molar-refractivity contribution in [2.45, 2.75) is 38.1 Å². The minimum Gasteiger partial charge on any atom is -0.371 e. The summed E-state index contributed by atoms with van der Waals surface area (Å²) in [6.45, 7) is 6.87. The SMILES string of the molecule is C=CCC(O)(CCC)OCC1CO1. The summed E-state index contributed by atoms with van der Waals surface area (Å²) in [4.78, 5) is 0. The van der Waals surface area contributed by atoms with Gasteiger partial charge in [0.2, 0.25) is 0 Å². The van der Waals surface area contributed by atoms with E-state index in [0.29, 0.717) is 19.4 Å². The number of epoxide rings is 1. The Hall–Kier alpha value is -0.380. The molecule has 2 atom stereocenters. The number of ether oxygens (including phenoxy) is 2. The Balaban J connectivity index is 2.28. The van der Waals surface area contributed by atoms with E-state index in [0.717, 1.165) is 13.0 Å². The third-order valence-electron chi connectivity index (χ3n) is 2.04. The van der Waals surface area contributed by atoms with Gasteiger partial charge in [0.1, 0.15) is 6.10 Å². The fraction of sp³-hybridized carbons (Fsp3) is 0.800. The highest BCUT2D eigenvalue weighted by atomic mass is 16.7. The van der Waals surface area contributed by atoms with Gasteiger partial charge < -0.3 is 14.6 Å². The second-order valence-corrected chi connectivity index (χ2v) is 3.46. The van der Waals surface area contributed by atoms with Crippen LogP contribution in [0.25, 0.3) is 0 Å². The van der Waals surface area contributed by atoms with E-state index in [1.165, 1.54) is 0 Å². The zero-order valence-corrected chi connectivity index (χ0v) is 8.16. The van der Waals surface area contributed by atoms with Crippen LogP contribution >= 0.6 is 0 Å². The van der Waals surface area contributed by atoms with E-state index in [1.54, 1.807) is 6.08 Å². The fourth-order valence-corrected chi connectivity index (χ4v) is 1.26. The fourth-order valence-electron chi connectivity index (χ4n) is 1.26. The molecule has 3 heteroatoms. The van der Waals surface area contributed by atoms with Crippen LogP contribution < -0.4 is 0 Å². The van der Waals surface area contributed by atoms with Crippen molar-refractivity contribution in [1.82, 2.24) is 0 Å². The van der Waals surface area contributed by atoms with Gasteiger partial charge in [0.05, 0.1) is 13.2 Å². The molecule has 1 N–H and O–H groups in total. The van der Waals surface area contributed by atoms with E-state index in [1.807, 2.05) is 6.92 Å². The Morgan fingerprint density at radius 1 is 1.77 bits per heavy atom. The predicted octanol–water partition coefficient (Wildman–Crippen LogP) is 1.47. The monoisotopic (exact) mass is 186 g/mol. The minimum absolute atomic E-state index is 0.202. The van der Waals surface area contributed by atoms with E-state index < -0.39 is 5.79 Å². The maximum absolute atomic E-state index is 9.94. The highest BCUT2D eigenvalue weighted by Gasteiger charge is 2.30. The molecule has 0 aromatic carbocycles. The molecule has 1 saturated heterocycles. The molecule has 0 aromatic heterocycles. The maximum atomic E-state index is 9.94. The molecule has 1 heterocycles. The van der Waals surface area contributed by atoms with Crippen molar-refractivity contribution in [3.8, 4) is 0 Å². The molecule has 0 spiro atoms. The van der Waals surface area contributed by atoms with Crippen LogP contribution in [0, 0.1) is 0 Å². The molecule has 1 fully saturated rings. The first kappa shape index (κ1) is 10.7. The highest BCUT2D eigenvalue weighted by molar-refractivity contribution is 4.80. The van der Waals surface area contributed by atoms with E-state index in [9.17, 15) is 5.11 Å². The second kappa shape index (κ2) is 4.74. The molecule has 0 aliphatic carbocycles. The first-order chi connectivity index (χ1) is 6.20. The number of hydrogen-bond acceptors (Lipinski definition) is 3. The van der Waals surface area contributed by atoms with Crippen molar-refractivity contribution in [3.05, 3.63) is 12.7 Å². The van der Waals surface area contributed by atoms with E-state index in [4.69, 9.17) is 9.47 Å². The Kier molecular flexibility index (Phi) is 3.90. The van der Waals surface area contributed by atoms with Gasteiger partial charge in [0.25, 0.3) is 0 Å². The van der Waals surface area contributed by atoms with Crippen LogP contribution in [0.1, 0.15) is 26.2 Å². The molecular weight excluding hydrogens is 168 g/mol. The third kappa shape index (κ3) is 3.89. The Labute approximate surface area is 79.3 Å². The molecule has 0 saturated carbocycles. The van der Waals surface area contributed by atoms with Crippen molar-refractivity contribution in [1.29, 1.82) is 0 Å². The van der Waals surface area contributed by atoms with Gasteiger partial charge in [-0.15, -0.1) is 6.58 Å². The Bertz CT molecular complexity index is 166. The molecule has 1 aliphatic rings. The summed E-state index contributed by atoms with van der Waals surface area (Å²) in [7, 11) is 0. The third-order valence-corrected chi connectivity index (χ3v) is 2.04. The molecule has 0 bridgehead atoms. The lowest BCUT2D eigenvalue weighted by Gasteiger charge is -2.26. The molecule has 0 amide bonds.